The van der Waals surface area contributed by atoms with E-state index in [0.29, 0.717) is 11.6 Å². The average molecular weight is 390 g/mol. The summed E-state index contributed by atoms with van der Waals surface area (Å²) in [6, 6.07) is 15.3. The first-order valence-corrected chi connectivity index (χ1v) is 10.1. The molecule has 6 nitrogen and oxygen atoms in total. The van der Waals surface area contributed by atoms with Crippen LogP contribution in [0.2, 0.25) is 0 Å². The van der Waals surface area contributed by atoms with Gasteiger partial charge in [0.1, 0.15) is 12.4 Å². The summed E-state index contributed by atoms with van der Waals surface area (Å²) in [5.41, 5.74) is 2.18. The van der Waals surface area contributed by atoms with Crippen molar-refractivity contribution in [1.82, 2.24) is 9.55 Å². The van der Waals surface area contributed by atoms with E-state index in [1.54, 1.807) is 0 Å². The van der Waals surface area contributed by atoms with Crippen molar-refractivity contribution in [2.45, 2.75) is 33.2 Å². The molecular weight excluding hydrogens is 364 g/mol. The zero-order chi connectivity index (χ0) is 20.4. The first-order valence-electron chi connectivity index (χ1n) is 10.1. The minimum Gasteiger partial charge on any atom is -0.356 e. The van der Waals surface area contributed by atoms with Gasteiger partial charge in [0.05, 0.1) is 5.52 Å². The van der Waals surface area contributed by atoms with Crippen LogP contribution in [-0.4, -0.2) is 28.5 Å². The lowest BCUT2D eigenvalue weighted by Gasteiger charge is -2.32. The van der Waals surface area contributed by atoms with E-state index in [1.807, 2.05) is 55.5 Å². The van der Waals surface area contributed by atoms with E-state index in [2.05, 4.69) is 22.1 Å². The van der Waals surface area contributed by atoms with Crippen LogP contribution < -0.4 is 15.9 Å². The summed E-state index contributed by atoms with van der Waals surface area (Å²) in [5.74, 6) is 1.06. The second-order valence-corrected chi connectivity index (χ2v) is 7.93. The number of hydrogen-bond acceptors (Lipinski definition) is 4. The van der Waals surface area contributed by atoms with Crippen LogP contribution in [0.25, 0.3) is 10.9 Å². The molecule has 1 N–H and O–H groups in total. The smallest absolute Gasteiger partial charge is 0.350 e. The molecule has 0 saturated carbocycles. The van der Waals surface area contributed by atoms with Crippen molar-refractivity contribution in [2.24, 2.45) is 5.92 Å². The van der Waals surface area contributed by atoms with Gasteiger partial charge in [-0.05, 0) is 49.9 Å². The molecule has 29 heavy (non-hydrogen) atoms. The highest BCUT2D eigenvalue weighted by Crippen LogP contribution is 2.27. The number of rotatable bonds is 4. The molecule has 0 bridgehead atoms. The fourth-order valence-electron chi connectivity index (χ4n) is 3.97. The first kappa shape index (κ1) is 19.2. The number of anilines is 2. The molecule has 3 aromatic rings. The maximum absolute atomic E-state index is 12.9. The standard InChI is InChI=1S/C23H26N4O2/c1-16-9-11-18(12-10-16)24-21(28)15-27-20-8-4-3-7-19(20)22(25-23(27)29)26-13-5-6-17(2)14-26/h3-4,7-12,17H,5-6,13-15H2,1-2H3,(H,24,28). The number of fused-ring (bicyclic) bond motifs is 1. The molecule has 4 rings (SSSR count). The highest BCUT2D eigenvalue weighted by Gasteiger charge is 2.21. The number of para-hydroxylation sites is 1. The minimum absolute atomic E-state index is 0.0725. The Kier molecular flexibility index (Phi) is 5.34. The van der Waals surface area contributed by atoms with E-state index in [4.69, 9.17) is 0 Å². The summed E-state index contributed by atoms with van der Waals surface area (Å²) >= 11 is 0. The Bertz CT molecular complexity index is 1090. The third-order valence-corrected chi connectivity index (χ3v) is 5.46. The Hall–Kier alpha value is -3.15. The quantitative estimate of drug-likeness (QED) is 0.739. The maximum atomic E-state index is 12.9. The van der Waals surface area contributed by atoms with Crippen molar-refractivity contribution < 1.29 is 4.79 Å². The molecule has 1 saturated heterocycles. The number of benzene rings is 2. The first-order chi connectivity index (χ1) is 14.0. The number of piperidine rings is 1. The molecule has 1 aliphatic heterocycles. The van der Waals surface area contributed by atoms with E-state index in [-0.39, 0.29) is 12.5 Å². The largest absolute Gasteiger partial charge is 0.356 e. The van der Waals surface area contributed by atoms with Gasteiger partial charge in [0.2, 0.25) is 5.91 Å². The lowest BCUT2D eigenvalue weighted by atomic mass is 10.00. The third-order valence-electron chi connectivity index (χ3n) is 5.46. The third kappa shape index (κ3) is 4.16. The molecule has 0 aliphatic carbocycles. The molecule has 2 aromatic carbocycles. The molecule has 6 heteroatoms. The molecule has 150 valence electrons. The lowest BCUT2D eigenvalue weighted by Crippen LogP contribution is -2.38. The predicted molar refractivity (Wildman–Crippen MR) is 116 cm³/mol. The van der Waals surface area contributed by atoms with Crippen LogP contribution in [-0.2, 0) is 11.3 Å². The highest BCUT2D eigenvalue weighted by atomic mass is 16.2. The zero-order valence-corrected chi connectivity index (χ0v) is 16.9. The number of amides is 1. The molecule has 1 aliphatic rings. The van der Waals surface area contributed by atoms with Crippen LogP contribution in [0.3, 0.4) is 0 Å². The van der Waals surface area contributed by atoms with E-state index in [1.165, 1.54) is 11.0 Å². The number of nitrogens with zero attached hydrogens (tertiary/aromatic N) is 3. The monoisotopic (exact) mass is 390 g/mol. The molecule has 1 atom stereocenters. The predicted octanol–water partition coefficient (Wildman–Crippen LogP) is 3.58. The Morgan fingerprint density at radius 1 is 1.17 bits per heavy atom. The van der Waals surface area contributed by atoms with Crippen LogP contribution in [0, 0.1) is 12.8 Å². The summed E-state index contributed by atoms with van der Waals surface area (Å²) in [6.07, 6.45) is 2.30. The number of hydrogen-bond donors (Lipinski definition) is 1. The normalized spacial score (nSPS) is 16.8. The van der Waals surface area contributed by atoms with Gasteiger partial charge in [-0.1, -0.05) is 36.8 Å². The van der Waals surface area contributed by atoms with Crippen LogP contribution in [0.4, 0.5) is 11.5 Å². The zero-order valence-electron chi connectivity index (χ0n) is 16.9. The topological polar surface area (TPSA) is 67.2 Å². The number of carbonyl (C=O) groups is 1. The van der Waals surface area contributed by atoms with Crippen LogP contribution in [0.1, 0.15) is 25.3 Å². The van der Waals surface area contributed by atoms with Gasteiger partial charge in [-0.3, -0.25) is 9.36 Å². The molecular formula is C23H26N4O2. The van der Waals surface area contributed by atoms with Crippen LogP contribution >= 0.6 is 0 Å². The second kappa shape index (κ2) is 8.07. The molecule has 1 amide bonds. The molecule has 0 radical (unpaired) electrons. The fourth-order valence-corrected chi connectivity index (χ4v) is 3.97. The summed E-state index contributed by atoms with van der Waals surface area (Å²) in [6.45, 7) is 5.95. The van der Waals surface area contributed by atoms with Crippen molar-refractivity contribution in [3.8, 4) is 0 Å². The van der Waals surface area contributed by atoms with Gasteiger partial charge >= 0.3 is 5.69 Å². The van der Waals surface area contributed by atoms with Gasteiger partial charge in [0, 0.05) is 24.2 Å². The fraction of sp³-hybridized carbons (Fsp3) is 0.348. The second-order valence-electron chi connectivity index (χ2n) is 7.93. The number of aryl methyl sites for hydroxylation is 1. The van der Waals surface area contributed by atoms with E-state index < -0.39 is 5.69 Å². The number of nitrogens with one attached hydrogen (secondary N) is 1. The van der Waals surface area contributed by atoms with Crippen molar-refractivity contribution in [1.29, 1.82) is 0 Å². The Labute approximate surface area is 170 Å². The maximum Gasteiger partial charge on any atom is 0.350 e. The van der Waals surface area contributed by atoms with Gasteiger partial charge in [0.15, 0.2) is 0 Å². The summed E-state index contributed by atoms with van der Waals surface area (Å²) in [4.78, 5) is 32.0. The van der Waals surface area contributed by atoms with Gasteiger partial charge in [0.25, 0.3) is 0 Å². The van der Waals surface area contributed by atoms with Crippen LogP contribution in [0.5, 0.6) is 0 Å². The molecule has 1 unspecified atom stereocenters. The molecule has 0 spiro atoms. The van der Waals surface area contributed by atoms with E-state index in [0.717, 1.165) is 41.8 Å². The minimum atomic E-state index is -0.393. The SMILES string of the molecule is Cc1ccc(NC(=O)Cn2c(=O)nc(N3CCCC(C)C3)c3ccccc32)cc1. The highest BCUT2D eigenvalue weighted by molar-refractivity contribution is 5.93. The van der Waals surface area contributed by atoms with Crippen LogP contribution in [0.15, 0.2) is 53.3 Å². The van der Waals surface area contributed by atoms with Crippen molar-refractivity contribution in [3.05, 3.63) is 64.6 Å². The van der Waals surface area contributed by atoms with Gasteiger partial charge in [-0.25, -0.2) is 4.79 Å². The van der Waals surface area contributed by atoms with Gasteiger partial charge in [-0.15, -0.1) is 0 Å². The Morgan fingerprint density at radius 2 is 1.93 bits per heavy atom. The number of carbonyl (C=O) groups excluding carboxylic acids is 1. The van der Waals surface area contributed by atoms with Crippen molar-refractivity contribution in [2.75, 3.05) is 23.3 Å². The van der Waals surface area contributed by atoms with Gasteiger partial charge < -0.3 is 10.2 Å². The lowest BCUT2D eigenvalue weighted by molar-refractivity contribution is -0.116. The molecule has 2 heterocycles. The van der Waals surface area contributed by atoms with E-state index in [9.17, 15) is 9.59 Å². The van der Waals surface area contributed by atoms with E-state index >= 15 is 0 Å². The summed E-state index contributed by atoms with van der Waals surface area (Å²) < 4.78 is 1.45. The Morgan fingerprint density at radius 3 is 2.69 bits per heavy atom. The average Bonchev–Trinajstić information content (AvgIpc) is 2.71. The summed E-state index contributed by atoms with van der Waals surface area (Å²) in [7, 11) is 0. The molecule has 1 aromatic heterocycles. The molecule has 1 fully saturated rings. The Balaban J connectivity index is 1.65. The van der Waals surface area contributed by atoms with Crippen molar-refractivity contribution in [3.63, 3.8) is 0 Å². The van der Waals surface area contributed by atoms with Gasteiger partial charge in [-0.2, -0.15) is 4.98 Å². The summed E-state index contributed by atoms with van der Waals surface area (Å²) in [5, 5.41) is 3.76. The number of aromatic nitrogens is 2. The van der Waals surface area contributed by atoms with Crippen molar-refractivity contribution >= 4 is 28.3 Å².